The number of hydrogen-bond acceptors (Lipinski definition) is 7. The molecule has 0 bridgehead atoms. The molecule has 3 rings (SSSR count). The van der Waals surface area contributed by atoms with E-state index in [0.29, 0.717) is 39.5 Å². The van der Waals surface area contributed by atoms with E-state index in [9.17, 15) is 4.79 Å². The maximum Gasteiger partial charge on any atom is 0.323 e. The number of methoxy groups -OCH3 is 2. The van der Waals surface area contributed by atoms with Gasteiger partial charge in [-0.25, -0.2) is 14.8 Å². The molecule has 0 aliphatic rings. The predicted molar refractivity (Wildman–Crippen MR) is 128 cm³/mol. The topological polar surface area (TPSA) is 101 Å². The second-order valence-corrected chi connectivity index (χ2v) is 7.43. The normalized spacial score (nSPS) is 10.3. The molecule has 9 nitrogen and oxygen atoms in total. The Morgan fingerprint density at radius 1 is 0.938 bits per heavy atom. The first-order chi connectivity index (χ1) is 15.3. The van der Waals surface area contributed by atoms with Gasteiger partial charge in [-0.1, -0.05) is 11.6 Å². The average Bonchev–Trinajstić information content (AvgIpc) is 2.75. The lowest BCUT2D eigenvalue weighted by atomic mass is 10.2. The quantitative estimate of drug-likeness (QED) is 0.464. The van der Waals surface area contributed by atoms with Gasteiger partial charge in [-0.05, 0) is 37.3 Å². The lowest BCUT2D eigenvalue weighted by molar-refractivity contribution is 0.262. The van der Waals surface area contributed by atoms with Gasteiger partial charge in [0.15, 0.2) is 0 Å². The molecule has 10 heteroatoms. The number of ether oxygens (including phenoxy) is 2. The molecule has 168 valence electrons. The lowest BCUT2D eigenvalue weighted by Gasteiger charge is -2.15. The summed E-state index contributed by atoms with van der Waals surface area (Å²) in [6, 6.07) is 11.8. The highest BCUT2D eigenvalue weighted by Crippen LogP contribution is 2.36. The molecular weight excluding hydrogens is 432 g/mol. The first-order valence-electron chi connectivity index (χ1n) is 9.68. The van der Waals surface area contributed by atoms with Gasteiger partial charge in [0.1, 0.15) is 29.0 Å². The molecule has 1 heterocycles. The predicted octanol–water partition coefficient (Wildman–Crippen LogP) is 4.91. The van der Waals surface area contributed by atoms with Crippen LogP contribution in [-0.2, 0) is 0 Å². The van der Waals surface area contributed by atoms with Gasteiger partial charge in [0.25, 0.3) is 0 Å². The van der Waals surface area contributed by atoms with E-state index in [0.717, 1.165) is 11.5 Å². The Hall–Kier alpha value is -3.72. The maximum atomic E-state index is 12.4. The third-order valence-corrected chi connectivity index (χ3v) is 4.72. The fourth-order valence-electron chi connectivity index (χ4n) is 2.87. The zero-order chi connectivity index (χ0) is 23.3. The highest BCUT2D eigenvalue weighted by atomic mass is 35.5. The Balaban J connectivity index is 1.66. The zero-order valence-corrected chi connectivity index (χ0v) is 19.2. The monoisotopic (exact) mass is 456 g/mol. The van der Waals surface area contributed by atoms with E-state index in [1.165, 1.54) is 14.2 Å². The summed E-state index contributed by atoms with van der Waals surface area (Å²) in [4.78, 5) is 23.1. The van der Waals surface area contributed by atoms with Crippen molar-refractivity contribution in [1.82, 2.24) is 9.97 Å². The van der Waals surface area contributed by atoms with Crippen molar-refractivity contribution in [3.05, 3.63) is 53.3 Å². The number of anilines is 5. The average molecular weight is 457 g/mol. The number of nitrogens with one attached hydrogen (secondary N) is 3. The van der Waals surface area contributed by atoms with Crippen LogP contribution in [0.1, 0.15) is 5.82 Å². The van der Waals surface area contributed by atoms with Crippen molar-refractivity contribution in [3.63, 3.8) is 0 Å². The van der Waals surface area contributed by atoms with E-state index < -0.39 is 6.03 Å². The van der Waals surface area contributed by atoms with E-state index in [1.807, 2.05) is 44.1 Å². The van der Waals surface area contributed by atoms with Gasteiger partial charge in [-0.15, -0.1) is 0 Å². The largest absolute Gasteiger partial charge is 0.495 e. The fourth-order valence-corrected chi connectivity index (χ4v) is 3.11. The Bertz CT molecular complexity index is 1110. The molecule has 0 aliphatic heterocycles. The Morgan fingerprint density at radius 2 is 1.59 bits per heavy atom. The number of urea groups is 1. The molecule has 2 aromatic carbocycles. The van der Waals surface area contributed by atoms with Crippen LogP contribution in [0.4, 0.5) is 33.5 Å². The summed E-state index contributed by atoms with van der Waals surface area (Å²) in [5, 5.41) is 9.10. The zero-order valence-electron chi connectivity index (χ0n) is 18.5. The van der Waals surface area contributed by atoms with Crippen LogP contribution in [0.25, 0.3) is 0 Å². The first-order valence-corrected chi connectivity index (χ1v) is 10.1. The Morgan fingerprint density at radius 3 is 2.22 bits per heavy atom. The smallest absolute Gasteiger partial charge is 0.323 e. The van der Waals surface area contributed by atoms with Crippen LogP contribution < -0.4 is 30.3 Å². The minimum atomic E-state index is -0.438. The number of carbonyl (C=O) groups excluding carboxylic acids is 1. The maximum absolute atomic E-state index is 12.4. The van der Waals surface area contributed by atoms with E-state index in [4.69, 9.17) is 21.1 Å². The Labute approximate surface area is 191 Å². The van der Waals surface area contributed by atoms with Gasteiger partial charge in [-0.3, -0.25) is 0 Å². The summed E-state index contributed by atoms with van der Waals surface area (Å²) in [5.74, 6) is 3.04. The van der Waals surface area contributed by atoms with Crippen molar-refractivity contribution in [2.45, 2.75) is 6.92 Å². The molecule has 0 spiro atoms. The molecular formula is C22H25ClN6O3. The number of hydrogen-bond donors (Lipinski definition) is 3. The number of amides is 2. The van der Waals surface area contributed by atoms with E-state index in [2.05, 4.69) is 25.9 Å². The van der Waals surface area contributed by atoms with Crippen LogP contribution in [0, 0.1) is 6.92 Å². The van der Waals surface area contributed by atoms with Crippen molar-refractivity contribution in [2.75, 3.05) is 49.2 Å². The molecule has 32 heavy (non-hydrogen) atoms. The highest BCUT2D eigenvalue weighted by Gasteiger charge is 2.13. The molecule has 2 amide bonds. The third-order valence-electron chi connectivity index (χ3n) is 4.42. The molecule has 0 radical (unpaired) electrons. The number of aryl methyl sites for hydroxylation is 1. The van der Waals surface area contributed by atoms with Crippen molar-refractivity contribution in [3.8, 4) is 11.5 Å². The summed E-state index contributed by atoms with van der Waals surface area (Å²) in [6.45, 7) is 1.84. The van der Waals surface area contributed by atoms with Crippen LogP contribution in [0.15, 0.2) is 42.5 Å². The Kier molecular flexibility index (Phi) is 7.21. The number of carbonyl (C=O) groups is 1. The summed E-state index contributed by atoms with van der Waals surface area (Å²) >= 11 is 6.15. The van der Waals surface area contributed by atoms with E-state index in [-0.39, 0.29) is 0 Å². The number of benzene rings is 2. The van der Waals surface area contributed by atoms with Crippen LogP contribution in [0.5, 0.6) is 11.5 Å². The molecule has 0 atom stereocenters. The molecule has 3 N–H and O–H groups in total. The summed E-state index contributed by atoms with van der Waals surface area (Å²) in [6.07, 6.45) is 0. The number of rotatable bonds is 7. The van der Waals surface area contributed by atoms with Crippen molar-refractivity contribution >= 4 is 46.3 Å². The molecule has 0 aliphatic carbocycles. The standard InChI is InChI=1S/C22H25ClN6O3/c1-13-24-20(12-21(25-13)29(2)3)26-14-6-8-15(9-7-14)27-22(30)28-17-10-16(23)18(31-4)11-19(17)32-5/h6-12H,1-5H3,(H,24,25,26)(H2,27,28,30). The molecule has 0 fully saturated rings. The highest BCUT2D eigenvalue weighted by molar-refractivity contribution is 6.32. The van der Waals surface area contributed by atoms with Crippen LogP contribution in [0.2, 0.25) is 5.02 Å². The number of halogens is 1. The van der Waals surface area contributed by atoms with E-state index in [1.54, 1.807) is 24.3 Å². The van der Waals surface area contributed by atoms with Gasteiger partial charge in [0.05, 0.1) is 24.9 Å². The minimum Gasteiger partial charge on any atom is -0.495 e. The fraction of sp³-hybridized carbons (Fsp3) is 0.227. The van der Waals surface area contributed by atoms with Gasteiger partial charge in [0, 0.05) is 37.6 Å². The number of nitrogens with zero attached hydrogens (tertiary/aromatic N) is 3. The van der Waals surface area contributed by atoms with Crippen LogP contribution in [-0.4, -0.2) is 44.3 Å². The van der Waals surface area contributed by atoms with Crippen molar-refractivity contribution in [1.29, 1.82) is 0 Å². The minimum absolute atomic E-state index is 0.358. The van der Waals surface area contributed by atoms with Crippen LogP contribution in [0.3, 0.4) is 0 Å². The second-order valence-electron chi connectivity index (χ2n) is 7.02. The third kappa shape index (κ3) is 5.70. The lowest BCUT2D eigenvalue weighted by Crippen LogP contribution is -2.19. The summed E-state index contributed by atoms with van der Waals surface area (Å²) in [7, 11) is 6.85. The molecule has 0 unspecified atom stereocenters. The molecule has 0 saturated carbocycles. The molecule has 0 saturated heterocycles. The summed E-state index contributed by atoms with van der Waals surface area (Å²) in [5.41, 5.74) is 1.85. The molecule has 3 aromatic rings. The number of aromatic nitrogens is 2. The molecule has 1 aromatic heterocycles. The van der Waals surface area contributed by atoms with Gasteiger partial charge >= 0.3 is 6.03 Å². The first kappa shape index (κ1) is 23.0. The van der Waals surface area contributed by atoms with Gasteiger partial charge < -0.3 is 30.3 Å². The van der Waals surface area contributed by atoms with Crippen molar-refractivity contribution < 1.29 is 14.3 Å². The second kappa shape index (κ2) is 10.1. The van der Waals surface area contributed by atoms with Gasteiger partial charge in [-0.2, -0.15) is 0 Å². The summed E-state index contributed by atoms with van der Waals surface area (Å²) < 4.78 is 10.5. The van der Waals surface area contributed by atoms with Gasteiger partial charge in [0.2, 0.25) is 0 Å². The van der Waals surface area contributed by atoms with E-state index >= 15 is 0 Å². The van der Waals surface area contributed by atoms with Crippen molar-refractivity contribution in [2.24, 2.45) is 0 Å². The van der Waals surface area contributed by atoms with Crippen LogP contribution >= 0.6 is 11.6 Å². The SMILES string of the molecule is COc1cc(OC)c(NC(=O)Nc2ccc(Nc3cc(N(C)C)nc(C)n3)cc2)cc1Cl.